The van der Waals surface area contributed by atoms with Crippen molar-refractivity contribution in [1.29, 1.82) is 0 Å². The summed E-state index contributed by atoms with van der Waals surface area (Å²) in [6.45, 7) is 3.39. The summed E-state index contributed by atoms with van der Waals surface area (Å²) < 4.78 is 7.39. The molecule has 2 aromatic carbocycles. The lowest BCUT2D eigenvalue weighted by Gasteiger charge is -2.31. The van der Waals surface area contributed by atoms with Gasteiger partial charge in [0, 0.05) is 29.8 Å². The Hall–Kier alpha value is -3.05. The number of benzene rings is 2. The van der Waals surface area contributed by atoms with E-state index in [2.05, 4.69) is 51.6 Å². The van der Waals surface area contributed by atoms with Gasteiger partial charge in [-0.3, -0.25) is 0 Å². The quantitative estimate of drug-likeness (QED) is 0.506. The molecule has 5 heteroatoms. The number of rotatable bonds is 6. The zero-order chi connectivity index (χ0) is 20.3. The van der Waals surface area contributed by atoms with Crippen LogP contribution in [0.2, 0.25) is 0 Å². The lowest BCUT2D eigenvalue weighted by atomic mass is 9.89. The van der Waals surface area contributed by atoms with Crippen molar-refractivity contribution in [2.75, 3.05) is 26.7 Å². The first-order valence-corrected chi connectivity index (χ1v) is 10.8. The molecule has 1 N–H and O–H groups in total. The average molecular weight is 401 g/mol. The van der Waals surface area contributed by atoms with Gasteiger partial charge in [0.2, 0.25) is 0 Å². The summed E-state index contributed by atoms with van der Waals surface area (Å²) in [6, 6.07) is 16.6. The summed E-state index contributed by atoms with van der Waals surface area (Å²) in [7, 11) is 1.73. The van der Waals surface area contributed by atoms with E-state index < -0.39 is 0 Å². The average Bonchev–Trinajstić information content (AvgIpc) is 3.45. The summed E-state index contributed by atoms with van der Waals surface area (Å²) in [5, 5.41) is 5.83. The Labute approximate surface area is 177 Å². The van der Waals surface area contributed by atoms with Crippen LogP contribution in [0.25, 0.3) is 16.6 Å². The number of methoxy groups -OCH3 is 1. The SMILES string of the molecule is COc1ccc2[nH]cc(C3CCN(CCc4cnn(-c5ccccc5)c4)CC3)c2c1. The van der Waals surface area contributed by atoms with Crippen LogP contribution in [0.15, 0.2) is 67.1 Å². The minimum Gasteiger partial charge on any atom is -0.497 e. The van der Waals surface area contributed by atoms with Gasteiger partial charge in [0.1, 0.15) is 5.75 Å². The van der Waals surface area contributed by atoms with E-state index in [0.717, 1.165) is 37.5 Å². The molecule has 0 atom stereocenters. The summed E-state index contributed by atoms with van der Waals surface area (Å²) >= 11 is 0. The first-order chi connectivity index (χ1) is 14.8. The van der Waals surface area contributed by atoms with E-state index in [-0.39, 0.29) is 0 Å². The predicted octanol–water partition coefficient (Wildman–Crippen LogP) is 4.78. The first-order valence-electron chi connectivity index (χ1n) is 10.8. The molecular weight excluding hydrogens is 372 g/mol. The second kappa shape index (κ2) is 8.36. The Balaban J connectivity index is 1.18. The van der Waals surface area contributed by atoms with Gasteiger partial charge in [-0.25, -0.2) is 4.68 Å². The minimum atomic E-state index is 0.614. The number of H-pyrrole nitrogens is 1. The summed E-state index contributed by atoms with van der Waals surface area (Å²) in [5.41, 5.74) is 5.04. The Morgan fingerprint density at radius 1 is 1.10 bits per heavy atom. The molecule has 0 spiro atoms. The Kier molecular flexibility index (Phi) is 5.28. The Bertz CT molecular complexity index is 1110. The lowest BCUT2D eigenvalue weighted by Crippen LogP contribution is -2.34. The fraction of sp³-hybridized carbons (Fsp3) is 0.320. The number of piperidine rings is 1. The van der Waals surface area contributed by atoms with Gasteiger partial charge < -0.3 is 14.6 Å². The highest BCUT2D eigenvalue weighted by Crippen LogP contribution is 2.34. The van der Waals surface area contributed by atoms with Crippen molar-refractivity contribution < 1.29 is 4.74 Å². The van der Waals surface area contributed by atoms with Crippen molar-refractivity contribution in [1.82, 2.24) is 19.7 Å². The molecule has 30 heavy (non-hydrogen) atoms. The monoisotopic (exact) mass is 400 g/mol. The number of aromatic amines is 1. The third kappa shape index (κ3) is 3.85. The van der Waals surface area contributed by atoms with Crippen LogP contribution in [-0.4, -0.2) is 46.4 Å². The van der Waals surface area contributed by atoms with E-state index in [9.17, 15) is 0 Å². The summed E-state index contributed by atoms with van der Waals surface area (Å²) in [4.78, 5) is 6.02. The van der Waals surface area contributed by atoms with Gasteiger partial charge in [-0.05, 0) is 79.7 Å². The lowest BCUT2D eigenvalue weighted by molar-refractivity contribution is 0.215. The van der Waals surface area contributed by atoms with E-state index in [0.29, 0.717) is 5.92 Å². The van der Waals surface area contributed by atoms with E-state index in [1.165, 1.54) is 34.9 Å². The van der Waals surface area contributed by atoms with Crippen LogP contribution in [0.5, 0.6) is 5.75 Å². The number of fused-ring (bicyclic) bond motifs is 1. The van der Waals surface area contributed by atoms with Gasteiger partial charge in [0.15, 0.2) is 0 Å². The third-order valence-corrected chi connectivity index (χ3v) is 6.32. The topological polar surface area (TPSA) is 46.1 Å². The molecule has 1 fully saturated rings. The number of nitrogens with one attached hydrogen (secondary N) is 1. The van der Waals surface area contributed by atoms with Crippen LogP contribution in [0.4, 0.5) is 0 Å². The number of hydrogen-bond donors (Lipinski definition) is 1. The molecule has 3 heterocycles. The number of nitrogens with zero attached hydrogens (tertiary/aromatic N) is 3. The van der Waals surface area contributed by atoms with Crippen LogP contribution in [0.3, 0.4) is 0 Å². The van der Waals surface area contributed by atoms with Gasteiger partial charge in [0.05, 0.1) is 19.0 Å². The second-order valence-corrected chi connectivity index (χ2v) is 8.15. The van der Waals surface area contributed by atoms with E-state index in [1.807, 2.05) is 35.1 Å². The molecule has 0 amide bonds. The summed E-state index contributed by atoms with van der Waals surface area (Å²) in [6.07, 6.45) is 9.80. The smallest absolute Gasteiger partial charge is 0.119 e. The zero-order valence-electron chi connectivity index (χ0n) is 17.4. The highest BCUT2D eigenvalue weighted by atomic mass is 16.5. The van der Waals surface area contributed by atoms with Gasteiger partial charge in [0.25, 0.3) is 0 Å². The third-order valence-electron chi connectivity index (χ3n) is 6.32. The highest BCUT2D eigenvalue weighted by Gasteiger charge is 2.23. The Morgan fingerprint density at radius 2 is 1.93 bits per heavy atom. The molecule has 0 unspecified atom stereocenters. The molecule has 0 aliphatic carbocycles. The fourth-order valence-corrected chi connectivity index (χ4v) is 4.55. The maximum absolute atomic E-state index is 5.43. The fourth-order valence-electron chi connectivity index (χ4n) is 4.55. The standard InChI is InChI=1S/C25H28N4O/c1-30-22-7-8-25-23(15-22)24(17-26-25)20-10-13-28(14-11-20)12-9-19-16-27-29(18-19)21-5-3-2-4-6-21/h2-8,15-18,20,26H,9-14H2,1H3. The van der Waals surface area contributed by atoms with E-state index >= 15 is 0 Å². The number of aromatic nitrogens is 3. The van der Waals surface area contributed by atoms with Crippen molar-refractivity contribution >= 4 is 10.9 Å². The van der Waals surface area contributed by atoms with Gasteiger partial charge in [-0.2, -0.15) is 5.10 Å². The molecule has 5 nitrogen and oxygen atoms in total. The van der Waals surface area contributed by atoms with Crippen LogP contribution in [0, 0.1) is 0 Å². The maximum Gasteiger partial charge on any atom is 0.119 e. The maximum atomic E-state index is 5.43. The largest absolute Gasteiger partial charge is 0.497 e. The molecule has 0 saturated carbocycles. The van der Waals surface area contributed by atoms with Gasteiger partial charge >= 0.3 is 0 Å². The van der Waals surface area contributed by atoms with Crippen LogP contribution >= 0.6 is 0 Å². The second-order valence-electron chi connectivity index (χ2n) is 8.15. The number of hydrogen-bond acceptors (Lipinski definition) is 3. The molecule has 1 aliphatic rings. The van der Waals surface area contributed by atoms with Crippen molar-refractivity contribution in [3.8, 4) is 11.4 Å². The minimum absolute atomic E-state index is 0.614. The number of ether oxygens (including phenoxy) is 1. The molecule has 1 aliphatic heterocycles. The molecular formula is C25H28N4O. The van der Waals surface area contributed by atoms with Crippen LogP contribution < -0.4 is 4.74 Å². The Morgan fingerprint density at radius 3 is 2.73 bits per heavy atom. The number of para-hydroxylation sites is 1. The molecule has 1 saturated heterocycles. The number of likely N-dealkylation sites (tertiary alicyclic amines) is 1. The molecule has 2 aromatic heterocycles. The van der Waals surface area contributed by atoms with Crippen LogP contribution in [-0.2, 0) is 6.42 Å². The van der Waals surface area contributed by atoms with E-state index in [4.69, 9.17) is 4.74 Å². The molecule has 5 rings (SSSR count). The zero-order valence-corrected chi connectivity index (χ0v) is 17.4. The van der Waals surface area contributed by atoms with Crippen molar-refractivity contribution in [3.05, 3.63) is 78.2 Å². The van der Waals surface area contributed by atoms with Gasteiger partial charge in [-0.1, -0.05) is 18.2 Å². The first kappa shape index (κ1) is 18.9. The predicted molar refractivity (Wildman–Crippen MR) is 121 cm³/mol. The van der Waals surface area contributed by atoms with Crippen molar-refractivity contribution in [2.45, 2.75) is 25.2 Å². The van der Waals surface area contributed by atoms with E-state index in [1.54, 1.807) is 7.11 Å². The highest BCUT2D eigenvalue weighted by molar-refractivity contribution is 5.85. The summed E-state index contributed by atoms with van der Waals surface area (Å²) in [5.74, 6) is 1.54. The van der Waals surface area contributed by atoms with Crippen molar-refractivity contribution in [3.63, 3.8) is 0 Å². The normalized spacial score (nSPS) is 15.6. The molecule has 0 radical (unpaired) electrons. The molecule has 154 valence electrons. The molecule has 0 bridgehead atoms. The van der Waals surface area contributed by atoms with Crippen molar-refractivity contribution in [2.24, 2.45) is 0 Å². The van der Waals surface area contributed by atoms with Gasteiger partial charge in [-0.15, -0.1) is 0 Å². The van der Waals surface area contributed by atoms with Crippen LogP contribution in [0.1, 0.15) is 29.9 Å². The molecule has 4 aromatic rings.